The van der Waals surface area contributed by atoms with Gasteiger partial charge in [-0.25, -0.2) is 4.98 Å². The van der Waals surface area contributed by atoms with Gasteiger partial charge in [0, 0.05) is 33.0 Å². The van der Waals surface area contributed by atoms with Crippen LogP contribution in [-0.2, 0) is 9.47 Å². The highest BCUT2D eigenvalue weighted by atomic mass is 16.5. The summed E-state index contributed by atoms with van der Waals surface area (Å²) < 4.78 is 10.2. The summed E-state index contributed by atoms with van der Waals surface area (Å²) >= 11 is 0. The third-order valence-corrected chi connectivity index (χ3v) is 2.52. The highest BCUT2D eigenvalue weighted by Crippen LogP contribution is 2.14. The highest BCUT2D eigenvalue weighted by Gasteiger charge is 2.09. The fourth-order valence-electron chi connectivity index (χ4n) is 1.62. The number of pyridine rings is 1. The van der Waals surface area contributed by atoms with Crippen LogP contribution in [-0.4, -0.2) is 45.5 Å². The van der Waals surface area contributed by atoms with E-state index >= 15 is 0 Å². The molecule has 1 rings (SSSR count). The molecule has 98 valence electrons. The maximum absolute atomic E-state index is 8.97. The summed E-state index contributed by atoms with van der Waals surface area (Å²) in [5.41, 5.74) is 1.46. The molecule has 0 radical (unpaired) electrons. The first-order chi connectivity index (χ1) is 8.71. The van der Waals surface area contributed by atoms with Crippen molar-refractivity contribution < 1.29 is 9.47 Å². The Morgan fingerprint density at radius 3 is 2.33 bits per heavy atom. The van der Waals surface area contributed by atoms with Gasteiger partial charge in [-0.15, -0.1) is 0 Å². The van der Waals surface area contributed by atoms with E-state index in [2.05, 4.69) is 16.0 Å². The zero-order valence-electron chi connectivity index (χ0n) is 11.1. The molecule has 18 heavy (non-hydrogen) atoms. The fourth-order valence-corrected chi connectivity index (χ4v) is 1.62. The van der Waals surface area contributed by atoms with Gasteiger partial charge in [0.05, 0.1) is 24.8 Å². The van der Waals surface area contributed by atoms with Crippen LogP contribution in [0, 0.1) is 18.3 Å². The summed E-state index contributed by atoms with van der Waals surface area (Å²) in [5, 5.41) is 8.97. The van der Waals surface area contributed by atoms with Crippen molar-refractivity contribution in [2.45, 2.75) is 6.92 Å². The largest absolute Gasteiger partial charge is 0.383 e. The zero-order chi connectivity index (χ0) is 13.4. The Morgan fingerprint density at radius 2 is 1.83 bits per heavy atom. The van der Waals surface area contributed by atoms with Gasteiger partial charge in [0.1, 0.15) is 5.82 Å². The summed E-state index contributed by atoms with van der Waals surface area (Å²) in [6, 6.07) is 5.71. The molecular formula is C13H19N3O2. The van der Waals surface area contributed by atoms with Crippen LogP contribution in [0.5, 0.6) is 0 Å². The molecule has 0 aliphatic heterocycles. The fraction of sp³-hybridized carbons (Fsp3) is 0.538. The van der Waals surface area contributed by atoms with Crippen LogP contribution >= 0.6 is 0 Å². The van der Waals surface area contributed by atoms with Crippen LogP contribution in [0.3, 0.4) is 0 Å². The molecule has 0 unspecified atom stereocenters. The Morgan fingerprint density at radius 1 is 1.22 bits per heavy atom. The van der Waals surface area contributed by atoms with E-state index in [1.807, 2.05) is 6.92 Å². The zero-order valence-corrected chi connectivity index (χ0v) is 11.1. The first-order valence-electron chi connectivity index (χ1n) is 5.83. The van der Waals surface area contributed by atoms with Gasteiger partial charge in [0.2, 0.25) is 0 Å². The van der Waals surface area contributed by atoms with Crippen molar-refractivity contribution in [1.29, 1.82) is 5.26 Å². The van der Waals surface area contributed by atoms with Crippen molar-refractivity contribution in [2.75, 3.05) is 45.4 Å². The average Bonchev–Trinajstić information content (AvgIpc) is 2.38. The molecule has 1 aromatic rings. The molecule has 0 saturated carbocycles. The molecule has 0 amide bonds. The van der Waals surface area contributed by atoms with Gasteiger partial charge < -0.3 is 14.4 Å². The minimum atomic E-state index is 0.612. The van der Waals surface area contributed by atoms with Gasteiger partial charge in [0.25, 0.3) is 0 Å². The van der Waals surface area contributed by atoms with E-state index in [0.717, 1.165) is 24.6 Å². The van der Waals surface area contributed by atoms with E-state index in [1.165, 1.54) is 0 Å². The molecule has 0 atom stereocenters. The van der Waals surface area contributed by atoms with Crippen molar-refractivity contribution in [3.8, 4) is 6.07 Å². The number of nitrogens with zero attached hydrogens (tertiary/aromatic N) is 3. The maximum Gasteiger partial charge on any atom is 0.130 e. The summed E-state index contributed by atoms with van der Waals surface area (Å²) in [5.74, 6) is 0.792. The lowest BCUT2D eigenvalue weighted by molar-refractivity contribution is 0.190. The third kappa shape index (κ3) is 4.32. The molecule has 0 aliphatic rings. The Bertz CT molecular complexity index is 407. The molecule has 5 heteroatoms. The Balaban J connectivity index is 2.89. The predicted octanol–water partition coefficient (Wildman–Crippen LogP) is 1.36. The van der Waals surface area contributed by atoms with E-state index in [-0.39, 0.29) is 0 Å². The molecule has 0 aromatic carbocycles. The SMILES string of the molecule is COCCN(CCOC)c1cc(C#N)cc(C)n1. The molecule has 0 saturated heterocycles. The monoisotopic (exact) mass is 249 g/mol. The minimum absolute atomic E-state index is 0.612. The van der Waals surface area contributed by atoms with Gasteiger partial charge in [-0.1, -0.05) is 0 Å². The van der Waals surface area contributed by atoms with Crippen LogP contribution in [0.1, 0.15) is 11.3 Å². The minimum Gasteiger partial charge on any atom is -0.383 e. The van der Waals surface area contributed by atoms with E-state index < -0.39 is 0 Å². The van der Waals surface area contributed by atoms with Crippen LogP contribution in [0.2, 0.25) is 0 Å². The normalized spacial score (nSPS) is 10.1. The van der Waals surface area contributed by atoms with Gasteiger partial charge >= 0.3 is 0 Å². The summed E-state index contributed by atoms with van der Waals surface area (Å²) in [7, 11) is 3.33. The molecule has 0 aliphatic carbocycles. The van der Waals surface area contributed by atoms with E-state index in [4.69, 9.17) is 14.7 Å². The van der Waals surface area contributed by atoms with Gasteiger partial charge in [0.15, 0.2) is 0 Å². The van der Waals surface area contributed by atoms with Crippen LogP contribution < -0.4 is 4.90 Å². The van der Waals surface area contributed by atoms with Crippen LogP contribution in [0.15, 0.2) is 12.1 Å². The standard InChI is InChI=1S/C13H19N3O2/c1-11-8-12(10-14)9-13(15-11)16(4-6-17-2)5-7-18-3/h8-9H,4-7H2,1-3H3. The number of methoxy groups -OCH3 is 2. The van der Waals surface area contributed by atoms with Gasteiger partial charge in [-0.2, -0.15) is 5.26 Å². The quantitative estimate of drug-likeness (QED) is 0.730. The third-order valence-electron chi connectivity index (χ3n) is 2.52. The number of rotatable bonds is 7. The second-order valence-electron chi connectivity index (χ2n) is 3.94. The van der Waals surface area contributed by atoms with Gasteiger partial charge in [-0.3, -0.25) is 0 Å². The molecule has 0 spiro atoms. The maximum atomic E-state index is 8.97. The number of aromatic nitrogens is 1. The Labute approximate surface area is 108 Å². The second-order valence-corrected chi connectivity index (χ2v) is 3.94. The molecular weight excluding hydrogens is 230 g/mol. The average molecular weight is 249 g/mol. The molecule has 5 nitrogen and oxygen atoms in total. The lowest BCUT2D eigenvalue weighted by Gasteiger charge is -2.23. The summed E-state index contributed by atoms with van der Waals surface area (Å²) in [4.78, 5) is 6.51. The van der Waals surface area contributed by atoms with Crippen molar-refractivity contribution in [2.24, 2.45) is 0 Å². The molecule has 0 bridgehead atoms. The number of ether oxygens (including phenoxy) is 2. The number of nitriles is 1. The summed E-state index contributed by atoms with van der Waals surface area (Å²) in [6.45, 7) is 4.56. The molecule has 0 N–H and O–H groups in total. The van der Waals surface area contributed by atoms with Crippen molar-refractivity contribution in [1.82, 2.24) is 4.98 Å². The molecule has 0 fully saturated rings. The number of hydrogen-bond donors (Lipinski definition) is 0. The number of hydrogen-bond acceptors (Lipinski definition) is 5. The summed E-state index contributed by atoms with van der Waals surface area (Å²) in [6.07, 6.45) is 0. The van der Waals surface area contributed by atoms with Crippen LogP contribution in [0.4, 0.5) is 5.82 Å². The van der Waals surface area contributed by atoms with E-state index in [1.54, 1.807) is 26.4 Å². The van der Waals surface area contributed by atoms with Crippen molar-refractivity contribution in [3.05, 3.63) is 23.4 Å². The smallest absolute Gasteiger partial charge is 0.130 e. The first-order valence-corrected chi connectivity index (χ1v) is 5.83. The van der Waals surface area contributed by atoms with Gasteiger partial charge in [-0.05, 0) is 19.1 Å². The Hall–Kier alpha value is -1.64. The van der Waals surface area contributed by atoms with E-state index in [9.17, 15) is 0 Å². The topological polar surface area (TPSA) is 58.4 Å². The van der Waals surface area contributed by atoms with Crippen molar-refractivity contribution >= 4 is 5.82 Å². The lowest BCUT2D eigenvalue weighted by Crippen LogP contribution is -2.31. The predicted molar refractivity (Wildman–Crippen MR) is 69.7 cm³/mol. The molecule has 1 aromatic heterocycles. The number of anilines is 1. The second kappa shape index (κ2) is 7.64. The van der Waals surface area contributed by atoms with E-state index in [0.29, 0.717) is 18.8 Å². The van der Waals surface area contributed by atoms with Crippen LogP contribution in [0.25, 0.3) is 0 Å². The number of aryl methyl sites for hydroxylation is 1. The highest BCUT2D eigenvalue weighted by molar-refractivity contribution is 5.46. The van der Waals surface area contributed by atoms with Crippen molar-refractivity contribution in [3.63, 3.8) is 0 Å². The lowest BCUT2D eigenvalue weighted by atomic mass is 10.2. The Kier molecular flexibility index (Phi) is 6.12. The first kappa shape index (κ1) is 14.4. The molecule has 1 heterocycles.